The number of carbonyl (C=O) groups excluding carboxylic acids is 1. The zero-order chi connectivity index (χ0) is 17.4. The Labute approximate surface area is 138 Å². The van der Waals surface area contributed by atoms with Crippen LogP contribution in [0.25, 0.3) is 11.0 Å². The molecule has 5 nitrogen and oxygen atoms in total. The Kier molecular flexibility index (Phi) is 3.97. The van der Waals surface area contributed by atoms with Crippen molar-refractivity contribution in [1.82, 2.24) is 14.9 Å². The Morgan fingerprint density at radius 1 is 1.29 bits per heavy atom. The monoisotopic (exact) mass is 327 g/mol. The zero-order valence-electron chi connectivity index (χ0n) is 13.7. The summed E-state index contributed by atoms with van der Waals surface area (Å²) >= 11 is 0. The molecule has 1 amide bonds. The summed E-state index contributed by atoms with van der Waals surface area (Å²) in [6, 6.07) is 7.82. The summed E-state index contributed by atoms with van der Waals surface area (Å²) in [7, 11) is 3.27. The third-order valence-corrected chi connectivity index (χ3v) is 3.90. The number of hydrogen-bond donors (Lipinski definition) is 2. The molecule has 0 saturated heterocycles. The number of nitrogens with one attached hydrogen (secondary N) is 1. The summed E-state index contributed by atoms with van der Waals surface area (Å²) in [5.74, 6) is -0.0208. The molecule has 3 aromatic rings. The first-order valence-corrected chi connectivity index (χ1v) is 7.54. The number of nitrogens with zero attached hydrogens (tertiary/aromatic N) is 2. The van der Waals surface area contributed by atoms with E-state index in [2.05, 4.69) is 9.97 Å². The van der Waals surface area contributed by atoms with Gasteiger partial charge in [0, 0.05) is 20.5 Å². The molecular weight excluding hydrogens is 309 g/mol. The van der Waals surface area contributed by atoms with E-state index in [0.29, 0.717) is 23.3 Å². The number of rotatable bonds is 3. The van der Waals surface area contributed by atoms with Crippen molar-refractivity contribution < 1.29 is 14.3 Å². The number of phenols is 1. The van der Waals surface area contributed by atoms with Crippen molar-refractivity contribution in [3.05, 3.63) is 58.7 Å². The van der Waals surface area contributed by atoms with E-state index in [1.165, 1.54) is 17.0 Å². The molecule has 1 heterocycles. The normalized spacial score (nSPS) is 11.0. The highest BCUT2D eigenvalue weighted by molar-refractivity contribution is 6.02. The van der Waals surface area contributed by atoms with Gasteiger partial charge < -0.3 is 15.0 Å². The molecule has 0 bridgehead atoms. The maximum atomic E-state index is 13.0. The molecule has 124 valence electrons. The van der Waals surface area contributed by atoms with Crippen LogP contribution in [0, 0.1) is 12.7 Å². The summed E-state index contributed by atoms with van der Waals surface area (Å²) in [6.07, 6.45) is 0.477. The molecule has 0 fully saturated rings. The fourth-order valence-corrected chi connectivity index (χ4v) is 2.65. The molecule has 24 heavy (non-hydrogen) atoms. The number of benzene rings is 2. The maximum absolute atomic E-state index is 13.0. The fraction of sp³-hybridized carbons (Fsp3) is 0.222. The molecule has 0 atom stereocenters. The third-order valence-electron chi connectivity index (χ3n) is 3.90. The number of aromatic hydroxyl groups is 1. The van der Waals surface area contributed by atoms with E-state index in [1.807, 2.05) is 6.92 Å². The van der Waals surface area contributed by atoms with Crippen LogP contribution in [-0.4, -0.2) is 40.0 Å². The first-order chi connectivity index (χ1) is 11.4. The average Bonchev–Trinajstić information content (AvgIpc) is 2.97. The van der Waals surface area contributed by atoms with Crippen LogP contribution >= 0.6 is 0 Å². The van der Waals surface area contributed by atoms with Crippen molar-refractivity contribution in [2.45, 2.75) is 13.3 Å². The molecular formula is C18H18FN3O2. The second kappa shape index (κ2) is 5.96. The molecule has 1 aromatic heterocycles. The predicted molar refractivity (Wildman–Crippen MR) is 89.7 cm³/mol. The molecule has 0 radical (unpaired) electrons. The summed E-state index contributed by atoms with van der Waals surface area (Å²) in [5.41, 5.74) is 3.01. The number of halogens is 1. The number of aryl methyl sites for hydroxylation is 1. The number of aromatic amines is 1. The van der Waals surface area contributed by atoms with Gasteiger partial charge in [0.1, 0.15) is 17.2 Å². The lowest BCUT2D eigenvalue weighted by Crippen LogP contribution is -2.21. The number of aromatic nitrogens is 2. The molecule has 0 spiro atoms. The Morgan fingerprint density at radius 2 is 1.96 bits per heavy atom. The topological polar surface area (TPSA) is 69.2 Å². The second-order valence-electron chi connectivity index (χ2n) is 6.00. The van der Waals surface area contributed by atoms with E-state index in [0.717, 1.165) is 11.1 Å². The number of carbonyl (C=O) groups is 1. The molecule has 6 heteroatoms. The molecule has 2 aromatic carbocycles. The van der Waals surface area contributed by atoms with E-state index < -0.39 is 0 Å². The Hall–Kier alpha value is -2.89. The van der Waals surface area contributed by atoms with Gasteiger partial charge in [-0.25, -0.2) is 9.37 Å². The zero-order valence-corrected chi connectivity index (χ0v) is 13.7. The summed E-state index contributed by atoms with van der Waals surface area (Å²) in [5, 5.41) is 10.4. The summed E-state index contributed by atoms with van der Waals surface area (Å²) in [6.45, 7) is 1.84. The third kappa shape index (κ3) is 2.82. The molecule has 0 saturated carbocycles. The van der Waals surface area contributed by atoms with Crippen LogP contribution in [0.3, 0.4) is 0 Å². The molecule has 0 aliphatic rings. The van der Waals surface area contributed by atoms with Crippen molar-refractivity contribution in [2.24, 2.45) is 0 Å². The van der Waals surface area contributed by atoms with Gasteiger partial charge in [0.15, 0.2) is 5.75 Å². The number of amides is 1. The van der Waals surface area contributed by atoms with E-state index >= 15 is 0 Å². The van der Waals surface area contributed by atoms with Crippen LogP contribution in [0.1, 0.15) is 27.3 Å². The van der Waals surface area contributed by atoms with Crippen molar-refractivity contribution in [2.75, 3.05) is 14.1 Å². The SMILES string of the molecule is Cc1cc(C(=O)N(C)C)c(O)c2[nH]c(Cc3ccc(F)cc3)nc12. The Balaban J connectivity index is 2.04. The number of phenolic OH excluding ortho intramolecular Hbond substituents is 1. The molecule has 0 aliphatic heterocycles. The van der Waals surface area contributed by atoms with Gasteiger partial charge in [-0.05, 0) is 36.2 Å². The van der Waals surface area contributed by atoms with Crippen LogP contribution in [0.5, 0.6) is 5.75 Å². The average molecular weight is 327 g/mol. The minimum atomic E-state index is -0.288. The highest BCUT2D eigenvalue weighted by Crippen LogP contribution is 2.31. The first-order valence-electron chi connectivity index (χ1n) is 7.54. The van der Waals surface area contributed by atoms with Gasteiger partial charge in [-0.2, -0.15) is 0 Å². The molecule has 2 N–H and O–H groups in total. The fourth-order valence-electron chi connectivity index (χ4n) is 2.65. The van der Waals surface area contributed by atoms with Gasteiger partial charge in [0.05, 0.1) is 11.1 Å². The maximum Gasteiger partial charge on any atom is 0.257 e. The lowest BCUT2D eigenvalue weighted by Gasteiger charge is -2.12. The molecule has 0 aliphatic carbocycles. The van der Waals surface area contributed by atoms with Crippen LogP contribution in [0.4, 0.5) is 4.39 Å². The van der Waals surface area contributed by atoms with Crippen LogP contribution in [0.2, 0.25) is 0 Å². The van der Waals surface area contributed by atoms with Crippen molar-refractivity contribution in [3.8, 4) is 5.75 Å². The Morgan fingerprint density at radius 3 is 2.58 bits per heavy atom. The number of H-pyrrole nitrogens is 1. The van der Waals surface area contributed by atoms with E-state index in [-0.39, 0.29) is 23.0 Å². The van der Waals surface area contributed by atoms with Gasteiger partial charge in [-0.3, -0.25) is 4.79 Å². The molecule has 0 unspecified atom stereocenters. The first kappa shape index (κ1) is 16.0. The van der Waals surface area contributed by atoms with Crippen LogP contribution in [0.15, 0.2) is 30.3 Å². The number of hydrogen-bond acceptors (Lipinski definition) is 3. The standard InChI is InChI=1S/C18H18FN3O2/c1-10-8-13(18(24)22(2)3)17(23)16-15(10)20-14(21-16)9-11-4-6-12(19)7-5-11/h4-8,23H,9H2,1-3H3,(H,20,21). The predicted octanol–water partition coefficient (Wildman–Crippen LogP) is 3.01. The minimum absolute atomic E-state index is 0.104. The van der Waals surface area contributed by atoms with Crippen molar-refractivity contribution >= 4 is 16.9 Å². The quantitative estimate of drug-likeness (QED) is 0.777. The lowest BCUT2D eigenvalue weighted by atomic mass is 10.1. The highest BCUT2D eigenvalue weighted by atomic mass is 19.1. The van der Waals surface area contributed by atoms with Crippen LogP contribution in [-0.2, 0) is 6.42 Å². The lowest BCUT2D eigenvalue weighted by molar-refractivity contribution is 0.0825. The van der Waals surface area contributed by atoms with Gasteiger partial charge in [0.25, 0.3) is 5.91 Å². The largest absolute Gasteiger partial charge is 0.505 e. The number of fused-ring (bicyclic) bond motifs is 1. The van der Waals surface area contributed by atoms with Crippen molar-refractivity contribution in [3.63, 3.8) is 0 Å². The van der Waals surface area contributed by atoms with Gasteiger partial charge in [-0.15, -0.1) is 0 Å². The minimum Gasteiger partial charge on any atom is -0.505 e. The van der Waals surface area contributed by atoms with E-state index in [9.17, 15) is 14.3 Å². The van der Waals surface area contributed by atoms with Gasteiger partial charge in [0.2, 0.25) is 0 Å². The Bertz CT molecular complexity index is 914. The number of imidazole rings is 1. The van der Waals surface area contributed by atoms with E-state index in [4.69, 9.17) is 0 Å². The summed E-state index contributed by atoms with van der Waals surface area (Å²) in [4.78, 5) is 21.2. The molecule has 3 rings (SSSR count). The van der Waals surface area contributed by atoms with Crippen molar-refractivity contribution in [1.29, 1.82) is 0 Å². The summed E-state index contributed by atoms with van der Waals surface area (Å²) < 4.78 is 13.0. The van der Waals surface area contributed by atoms with Crippen LogP contribution < -0.4 is 0 Å². The van der Waals surface area contributed by atoms with E-state index in [1.54, 1.807) is 32.3 Å². The van der Waals surface area contributed by atoms with Gasteiger partial charge in [-0.1, -0.05) is 12.1 Å². The highest BCUT2D eigenvalue weighted by Gasteiger charge is 2.20. The van der Waals surface area contributed by atoms with Gasteiger partial charge >= 0.3 is 0 Å². The second-order valence-corrected chi connectivity index (χ2v) is 6.00. The smallest absolute Gasteiger partial charge is 0.257 e.